The predicted octanol–water partition coefficient (Wildman–Crippen LogP) is 14.2. The van der Waals surface area contributed by atoms with Crippen molar-refractivity contribution in [2.24, 2.45) is 0 Å². The Morgan fingerprint density at radius 3 is 1.62 bits per heavy atom. The molecule has 0 radical (unpaired) electrons. The highest BCUT2D eigenvalue weighted by Crippen LogP contribution is 2.49. The van der Waals surface area contributed by atoms with E-state index >= 15 is 0 Å². The van der Waals surface area contributed by atoms with E-state index in [0.29, 0.717) is 0 Å². The molecule has 4 heteroatoms. The van der Waals surface area contributed by atoms with Gasteiger partial charge in [-0.3, -0.25) is 0 Å². The fourth-order valence-electron chi connectivity index (χ4n) is 7.92. The molecular weight excluding hydrogens is 639 g/mol. The zero-order valence-electron chi connectivity index (χ0n) is 27.9. The molecule has 52 heavy (non-hydrogen) atoms. The molecular formula is C48H29NO3. The van der Waals surface area contributed by atoms with Gasteiger partial charge in [0, 0.05) is 21.8 Å². The SMILES string of the molecule is c1ccc(-c2cccc(-c3ccc(N(c4cccc5oc6ccccc6c45)c4cccc5oc6ccc7c8ccccc8oc7c6c45)cc3)c2)cc1. The summed E-state index contributed by atoms with van der Waals surface area (Å²) >= 11 is 0. The van der Waals surface area contributed by atoms with Gasteiger partial charge >= 0.3 is 0 Å². The third-order valence-electron chi connectivity index (χ3n) is 10.3. The molecule has 0 aliphatic rings. The smallest absolute Gasteiger partial charge is 0.147 e. The van der Waals surface area contributed by atoms with Crippen LogP contribution in [0, 0.1) is 0 Å². The van der Waals surface area contributed by atoms with E-state index in [1.54, 1.807) is 0 Å². The summed E-state index contributed by atoms with van der Waals surface area (Å²) < 4.78 is 19.6. The number of para-hydroxylation sites is 2. The first-order chi connectivity index (χ1) is 25.8. The predicted molar refractivity (Wildman–Crippen MR) is 214 cm³/mol. The van der Waals surface area contributed by atoms with Gasteiger partial charge < -0.3 is 18.2 Å². The second kappa shape index (κ2) is 11.2. The molecule has 8 aromatic carbocycles. The summed E-state index contributed by atoms with van der Waals surface area (Å²) in [5, 5.41) is 6.23. The van der Waals surface area contributed by atoms with Crippen LogP contribution in [0.5, 0.6) is 0 Å². The Bertz CT molecular complexity index is 3130. The van der Waals surface area contributed by atoms with Crippen LogP contribution in [0.1, 0.15) is 0 Å². The van der Waals surface area contributed by atoms with Crippen LogP contribution in [0.3, 0.4) is 0 Å². The largest absolute Gasteiger partial charge is 0.456 e. The van der Waals surface area contributed by atoms with Crippen molar-refractivity contribution in [3.8, 4) is 22.3 Å². The monoisotopic (exact) mass is 667 g/mol. The van der Waals surface area contributed by atoms with Gasteiger partial charge in [-0.2, -0.15) is 0 Å². The van der Waals surface area contributed by atoms with Crippen molar-refractivity contribution in [1.82, 2.24) is 0 Å². The van der Waals surface area contributed by atoms with Crippen LogP contribution in [0.4, 0.5) is 17.1 Å². The van der Waals surface area contributed by atoms with Crippen LogP contribution >= 0.6 is 0 Å². The maximum atomic E-state index is 6.61. The topological polar surface area (TPSA) is 42.7 Å². The molecule has 0 saturated carbocycles. The fourth-order valence-corrected chi connectivity index (χ4v) is 7.92. The molecule has 0 aliphatic heterocycles. The summed E-state index contributed by atoms with van der Waals surface area (Å²) in [5.74, 6) is 0. The van der Waals surface area contributed by atoms with Crippen LogP contribution in [-0.4, -0.2) is 0 Å². The van der Waals surface area contributed by atoms with Crippen molar-refractivity contribution in [2.75, 3.05) is 4.90 Å². The van der Waals surface area contributed by atoms with Crippen molar-refractivity contribution < 1.29 is 13.3 Å². The Morgan fingerprint density at radius 1 is 0.308 bits per heavy atom. The zero-order chi connectivity index (χ0) is 34.2. The molecule has 0 amide bonds. The Kier molecular flexibility index (Phi) is 6.22. The van der Waals surface area contributed by atoms with Gasteiger partial charge in [-0.05, 0) is 89.0 Å². The second-order valence-corrected chi connectivity index (χ2v) is 13.2. The van der Waals surface area contributed by atoms with E-state index in [1.165, 1.54) is 11.1 Å². The zero-order valence-corrected chi connectivity index (χ0v) is 27.9. The standard InChI is InChI=1S/C48H29NO3/c1-2-11-30(12-3-1)32-13-8-14-33(29-32)31-23-25-34(26-24-31)49(38-17-9-21-42-45(38)37-16-5-7-20-41(37)50-42)39-18-10-22-43-46(39)47-44(51-43)28-27-36-35-15-4-6-19-40(35)52-48(36)47/h1-29H. The second-order valence-electron chi connectivity index (χ2n) is 13.2. The van der Waals surface area contributed by atoms with Gasteiger partial charge in [0.2, 0.25) is 0 Å². The first-order valence-electron chi connectivity index (χ1n) is 17.5. The van der Waals surface area contributed by atoms with Crippen LogP contribution in [-0.2, 0) is 0 Å². The molecule has 0 N–H and O–H groups in total. The number of furan rings is 3. The van der Waals surface area contributed by atoms with Gasteiger partial charge in [0.1, 0.15) is 33.5 Å². The Hall–Kier alpha value is -7.04. The van der Waals surface area contributed by atoms with E-state index in [2.05, 4.69) is 144 Å². The van der Waals surface area contributed by atoms with Gasteiger partial charge in [-0.15, -0.1) is 0 Å². The van der Waals surface area contributed by atoms with Crippen molar-refractivity contribution in [3.63, 3.8) is 0 Å². The molecule has 0 spiro atoms. The van der Waals surface area contributed by atoms with E-state index < -0.39 is 0 Å². The molecule has 11 aromatic rings. The summed E-state index contributed by atoms with van der Waals surface area (Å²) in [6.07, 6.45) is 0. The maximum absolute atomic E-state index is 6.61. The first kappa shape index (κ1) is 28.8. The maximum Gasteiger partial charge on any atom is 0.147 e. The van der Waals surface area contributed by atoms with E-state index in [9.17, 15) is 0 Å². The number of hydrogen-bond acceptors (Lipinski definition) is 4. The Balaban J connectivity index is 1.17. The van der Waals surface area contributed by atoms with Crippen molar-refractivity contribution in [2.45, 2.75) is 0 Å². The molecule has 0 bridgehead atoms. The van der Waals surface area contributed by atoms with E-state index in [4.69, 9.17) is 13.3 Å². The van der Waals surface area contributed by atoms with Crippen molar-refractivity contribution in [3.05, 3.63) is 176 Å². The number of benzene rings is 8. The minimum Gasteiger partial charge on any atom is -0.456 e. The number of nitrogens with zero attached hydrogens (tertiary/aromatic N) is 1. The molecule has 0 saturated heterocycles. The average Bonchev–Trinajstić information content (AvgIpc) is 3.90. The molecule has 0 fully saturated rings. The van der Waals surface area contributed by atoms with Crippen LogP contribution in [0.25, 0.3) is 88.1 Å². The lowest BCUT2D eigenvalue weighted by atomic mass is 9.98. The molecule has 244 valence electrons. The van der Waals surface area contributed by atoms with Gasteiger partial charge in [0.05, 0.1) is 27.5 Å². The minimum atomic E-state index is 0.787. The third-order valence-corrected chi connectivity index (χ3v) is 10.3. The van der Waals surface area contributed by atoms with Crippen LogP contribution < -0.4 is 4.90 Å². The molecule has 11 rings (SSSR count). The van der Waals surface area contributed by atoms with E-state index in [0.717, 1.165) is 94.0 Å². The van der Waals surface area contributed by atoms with Crippen LogP contribution in [0.15, 0.2) is 189 Å². The lowest BCUT2D eigenvalue weighted by Crippen LogP contribution is -2.10. The van der Waals surface area contributed by atoms with Gasteiger partial charge in [0.15, 0.2) is 0 Å². The third kappa shape index (κ3) is 4.34. The lowest BCUT2D eigenvalue weighted by molar-refractivity contribution is 0.663. The Labute approximate surface area is 298 Å². The average molecular weight is 668 g/mol. The molecule has 0 unspecified atom stereocenters. The normalized spacial score (nSPS) is 11.8. The van der Waals surface area contributed by atoms with Gasteiger partial charge in [-0.25, -0.2) is 0 Å². The highest BCUT2D eigenvalue weighted by atomic mass is 16.3. The van der Waals surface area contributed by atoms with Crippen molar-refractivity contribution >= 4 is 82.9 Å². The van der Waals surface area contributed by atoms with E-state index in [1.807, 2.05) is 36.4 Å². The minimum absolute atomic E-state index is 0.787. The van der Waals surface area contributed by atoms with Gasteiger partial charge in [-0.1, -0.05) is 109 Å². The number of fused-ring (bicyclic) bond motifs is 10. The summed E-state index contributed by atoms with van der Waals surface area (Å²) in [5.41, 5.74) is 12.7. The summed E-state index contributed by atoms with van der Waals surface area (Å²) in [6.45, 7) is 0. The number of rotatable bonds is 5. The van der Waals surface area contributed by atoms with Crippen molar-refractivity contribution in [1.29, 1.82) is 0 Å². The summed E-state index contributed by atoms with van der Waals surface area (Å²) in [6, 6.07) is 61.3. The molecule has 3 heterocycles. The highest BCUT2D eigenvalue weighted by molar-refractivity contribution is 6.26. The van der Waals surface area contributed by atoms with E-state index in [-0.39, 0.29) is 0 Å². The summed E-state index contributed by atoms with van der Waals surface area (Å²) in [4.78, 5) is 2.34. The number of anilines is 3. The van der Waals surface area contributed by atoms with Crippen LogP contribution in [0.2, 0.25) is 0 Å². The first-order valence-corrected chi connectivity index (χ1v) is 17.5. The summed E-state index contributed by atoms with van der Waals surface area (Å²) in [7, 11) is 0. The number of hydrogen-bond donors (Lipinski definition) is 0. The fraction of sp³-hybridized carbons (Fsp3) is 0. The Morgan fingerprint density at radius 2 is 0.846 bits per heavy atom. The molecule has 4 nitrogen and oxygen atoms in total. The lowest BCUT2D eigenvalue weighted by Gasteiger charge is -2.27. The highest BCUT2D eigenvalue weighted by Gasteiger charge is 2.25. The molecule has 0 atom stereocenters. The quantitative estimate of drug-likeness (QED) is 0.183. The molecule has 3 aromatic heterocycles. The molecule has 0 aliphatic carbocycles. The van der Waals surface area contributed by atoms with Gasteiger partial charge in [0.25, 0.3) is 0 Å².